The molecule has 0 bridgehead atoms. The van der Waals surface area contributed by atoms with Gasteiger partial charge in [0, 0.05) is 23.4 Å². The van der Waals surface area contributed by atoms with E-state index in [2.05, 4.69) is 5.32 Å². The first-order valence-corrected chi connectivity index (χ1v) is 7.09. The summed E-state index contributed by atoms with van der Waals surface area (Å²) >= 11 is 0. The van der Waals surface area contributed by atoms with Gasteiger partial charge in [0.05, 0.1) is 19.1 Å². The number of hydrogen-bond donors (Lipinski definition) is 1. The van der Waals surface area contributed by atoms with E-state index in [1.54, 1.807) is 18.2 Å². The average Bonchev–Trinajstić information content (AvgIpc) is 2.61. The van der Waals surface area contributed by atoms with Crippen LogP contribution in [0.4, 0.5) is 15.8 Å². The van der Waals surface area contributed by atoms with Crippen molar-refractivity contribution in [2.75, 3.05) is 19.5 Å². The van der Waals surface area contributed by atoms with Crippen LogP contribution in [0.15, 0.2) is 42.5 Å². The van der Waals surface area contributed by atoms with Crippen LogP contribution in [-0.2, 0) is 4.79 Å². The first kappa shape index (κ1) is 17.9. The quantitative estimate of drug-likeness (QED) is 0.492. The van der Waals surface area contributed by atoms with Crippen molar-refractivity contribution in [3.63, 3.8) is 0 Å². The van der Waals surface area contributed by atoms with E-state index in [1.807, 2.05) is 0 Å². The Morgan fingerprint density at radius 1 is 1.20 bits per heavy atom. The van der Waals surface area contributed by atoms with E-state index in [-0.39, 0.29) is 5.69 Å². The summed E-state index contributed by atoms with van der Waals surface area (Å²) in [4.78, 5) is 21.8. The second-order valence-corrected chi connectivity index (χ2v) is 4.85. The normalized spacial score (nSPS) is 10.5. The van der Waals surface area contributed by atoms with Crippen molar-refractivity contribution in [3.05, 3.63) is 64.0 Å². The molecule has 7 nitrogen and oxygen atoms in total. The van der Waals surface area contributed by atoms with Gasteiger partial charge in [-0.1, -0.05) is 0 Å². The number of hydrogen-bond acceptors (Lipinski definition) is 5. The van der Waals surface area contributed by atoms with Crippen molar-refractivity contribution in [2.45, 2.75) is 0 Å². The SMILES string of the molecule is COc1ccc(OC)c(/C=C/C(=O)Nc2ccc(F)c([N+](=O)[O-])c2)c1. The number of carbonyl (C=O) groups excluding carboxylic acids is 1. The highest BCUT2D eigenvalue weighted by Crippen LogP contribution is 2.25. The number of nitrogens with one attached hydrogen (secondary N) is 1. The number of anilines is 1. The molecule has 1 N–H and O–H groups in total. The maximum atomic E-state index is 13.3. The van der Waals surface area contributed by atoms with Crippen molar-refractivity contribution in [2.24, 2.45) is 0 Å². The molecule has 0 atom stereocenters. The molecule has 0 fully saturated rings. The van der Waals surface area contributed by atoms with Gasteiger partial charge < -0.3 is 14.8 Å². The summed E-state index contributed by atoms with van der Waals surface area (Å²) in [6.07, 6.45) is 2.74. The van der Waals surface area contributed by atoms with Crippen LogP contribution in [0.2, 0.25) is 0 Å². The number of halogens is 1. The molecule has 0 aliphatic carbocycles. The van der Waals surface area contributed by atoms with Crippen molar-refractivity contribution in [1.29, 1.82) is 0 Å². The monoisotopic (exact) mass is 346 g/mol. The van der Waals surface area contributed by atoms with Crippen LogP contribution in [0, 0.1) is 15.9 Å². The van der Waals surface area contributed by atoms with E-state index in [1.165, 1.54) is 32.4 Å². The Morgan fingerprint density at radius 2 is 1.96 bits per heavy atom. The first-order chi connectivity index (χ1) is 11.9. The molecule has 0 unspecified atom stereocenters. The Balaban J connectivity index is 2.16. The largest absolute Gasteiger partial charge is 0.497 e. The molecule has 2 rings (SSSR count). The van der Waals surface area contributed by atoms with Crippen LogP contribution in [0.5, 0.6) is 11.5 Å². The number of carbonyl (C=O) groups is 1. The van der Waals surface area contributed by atoms with Crippen LogP contribution in [0.25, 0.3) is 6.08 Å². The summed E-state index contributed by atoms with van der Waals surface area (Å²) < 4.78 is 23.6. The summed E-state index contributed by atoms with van der Waals surface area (Å²) in [6, 6.07) is 8.20. The van der Waals surface area contributed by atoms with Crippen LogP contribution in [-0.4, -0.2) is 25.1 Å². The van der Waals surface area contributed by atoms with Gasteiger partial charge in [-0.2, -0.15) is 4.39 Å². The number of nitro benzene ring substituents is 1. The predicted octanol–water partition coefficient (Wildman–Crippen LogP) is 3.40. The summed E-state index contributed by atoms with van der Waals surface area (Å²) in [6.45, 7) is 0. The van der Waals surface area contributed by atoms with E-state index < -0.39 is 22.3 Å². The Hall–Kier alpha value is -3.42. The highest BCUT2D eigenvalue weighted by molar-refractivity contribution is 6.02. The molecule has 0 aliphatic rings. The van der Waals surface area contributed by atoms with Crippen molar-refractivity contribution in [3.8, 4) is 11.5 Å². The summed E-state index contributed by atoms with van der Waals surface area (Å²) in [5.41, 5.74) is 0.0127. The van der Waals surface area contributed by atoms with E-state index in [4.69, 9.17) is 9.47 Å². The Morgan fingerprint density at radius 3 is 2.60 bits per heavy atom. The number of rotatable bonds is 6. The number of amides is 1. The molecular formula is C17H15FN2O5. The Bertz CT molecular complexity index is 836. The molecule has 2 aromatic carbocycles. The summed E-state index contributed by atoms with van der Waals surface area (Å²) in [7, 11) is 3.01. The van der Waals surface area contributed by atoms with E-state index >= 15 is 0 Å². The van der Waals surface area contributed by atoms with Gasteiger partial charge in [-0.05, 0) is 36.4 Å². The van der Waals surface area contributed by atoms with Gasteiger partial charge in [-0.25, -0.2) is 0 Å². The lowest BCUT2D eigenvalue weighted by Gasteiger charge is -2.07. The maximum Gasteiger partial charge on any atom is 0.306 e. The predicted molar refractivity (Wildman–Crippen MR) is 90.3 cm³/mol. The standard InChI is InChI=1S/C17H15FN2O5/c1-24-13-5-7-16(25-2)11(9-13)3-8-17(21)19-12-4-6-14(18)15(10-12)20(22)23/h3-10H,1-2H3,(H,19,21)/b8-3+. The zero-order chi connectivity index (χ0) is 18.4. The van der Waals surface area contributed by atoms with Crippen LogP contribution >= 0.6 is 0 Å². The molecule has 0 aliphatic heterocycles. The highest BCUT2D eigenvalue weighted by atomic mass is 19.1. The van der Waals surface area contributed by atoms with Crippen LogP contribution in [0.3, 0.4) is 0 Å². The van der Waals surface area contributed by atoms with E-state index in [0.29, 0.717) is 17.1 Å². The number of ether oxygens (including phenoxy) is 2. The molecule has 25 heavy (non-hydrogen) atoms. The molecule has 0 aromatic heterocycles. The molecule has 8 heteroatoms. The lowest BCUT2D eigenvalue weighted by atomic mass is 10.1. The van der Waals surface area contributed by atoms with Gasteiger partial charge in [0.2, 0.25) is 11.7 Å². The van der Waals surface area contributed by atoms with Crippen LogP contribution in [0.1, 0.15) is 5.56 Å². The third kappa shape index (κ3) is 4.54. The molecule has 0 spiro atoms. The van der Waals surface area contributed by atoms with Crippen LogP contribution < -0.4 is 14.8 Å². The number of nitro groups is 1. The number of benzene rings is 2. The maximum absolute atomic E-state index is 13.3. The molecule has 130 valence electrons. The molecule has 1 amide bonds. The van der Waals surface area contributed by atoms with E-state index in [9.17, 15) is 19.3 Å². The summed E-state index contributed by atoms with van der Waals surface area (Å²) in [5.74, 6) is -0.372. The minimum absolute atomic E-state index is 0.111. The molecule has 0 saturated heterocycles. The molecule has 0 heterocycles. The fourth-order valence-electron chi connectivity index (χ4n) is 2.05. The Labute approximate surface area is 142 Å². The van der Waals surface area contributed by atoms with Crippen molar-refractivity contribution < 1.29 is 23.6 Å². The first-order valence-electron chi connectivity index (χ1n) is 7.09. The third-order valence-corrected chi connectivity index (χ3v) is 3.26. The molecular weight excluding hydrogens is 331 g/mol. The third-order valence-electron chi connectivity index (χ3n) is 3.26. The van der Waals surface area contributed by atoms with Crippen molar-refractivity contribution >= 4 is 23.4 Å². The number of nitrogens with zero attached hydrogens (tertiary/aromatic N) is 1. The Kier molecular flexibility index (Phi) is 5.67. The van der Waals surface area contributed by atoms with Gasteiger partial charge in [0.25, 0.3) is 0 Å². The lowest BCUT2D eigenvalue weighted by molar-refractivity contribution is -0.387. The average molecular weight is 346 g/mol. The lowest BCUT2D eigenvalue weighted by Crippen LogP contribution is -2.08. The topological polar surface area (TPSA) is 90.7 Å². The van der Waals surface area contributed by atoms with Gasteiger partial charge in [-0.3, -0.25) is 14.9 Å². The fourth-order valence-corrected chi connectivity index (χ4v) is 2.05. The fraction of sp³-hybridized carbons (Fsp3) is 0.118. The zero-order valence-corrected chi connectivity index (χ0v) is 13.5. The minimum Gasteiger partial charge on any atom is -0.497 e. The van der Waals surface area contributed by atoms with Gasteiger partial charge in [0.1, 0.15) is 11.5 Å². The zero-order valence-electron chi connectivity index (χ0n) is 13.5. The highest BCUT2D eigenvalue weighted by Gasteiger charge is 2.14. The number of methoxy groups -OCH3 is 2. The molecule has 0 saturated carbocycles. The second kappa shape index (κ2) is 7.91. The summed E-state index contributed by atoms with van der Waals surface area (Å²) in [5, 5.41) is 13.1. The van der Waals surface area contributed by atoms with Gasteiger partial charge in [0.15, 0.2) is 0 Å². The van der Waals surface area contributed by atoms with Gasteiger partial charge >= 0.3 is 5.69 Å². The molecule has 2 aromatic rings. The minimum atomic E-state index is -0.973. The van der Waals surface area contributed by atoms with Crippen molar-refractivity contribution in [1.82, 2.24) is 0 Å². The smallest absolute Gasteiger partial charge is 0.306 e. The van der Waals surface area contributed by atoms with Gasteiger partial charge in [-0.15, -0.1) is 0 Å². The second-order valence-electron chi connectivity index (χ2n) is 4.85. The molecule has 0 radical (unpaired) electrons. The van der Waals surface area contributed by atoms with E-state index in [0.717, 1.165) is 12.1 Å².